The van der Waals surface area contributed by atoms with E-state index in [1.54, 1.807) is 0 Å². The first-order chi connectivity index (χ1) is 5.47. The van der Waals surface area contributed by atoms with Crippen molar-refractivity contribution in [1.29, 1.82) is 0 Å². The van der Waals surface area contributed by atoms with Crippen LogP contribution in [-0.4, -0.2) is 0 Å². The molecule has 0 N–H and O–H groups in total. The minimum absolute atomic E-state index is 0.220. The lowest BCUT2D eigenvalue weighted by atomic mass is 9.86. The summed E-state index contributed by atoms with van der Waals surface area (Å²) in [6.07, 6.45) is 5.42. The van der Waals surface area contributed by atoms with Gasteiger partial charge in [-0.15, -0.1) is 6.42 Å². The average molecular weight is 162 g/mol. The first-order valence-electron chi connectivity index (χ1n) is 4.02. The molecule has 0 aliphatic carbocycles. The molecule has 1 nitrogen and oxygen atoms in total. The van der Waals surface area contributed by atoms with E-state index in [0.29, 0.717) is 0 Å². The Bertz CT molecular complexity index is 323. The van der Waals surface area contributed by atoms with Crippen molar-refractivity contribution >= 4 is 0 Å². The van der Waals surface area contributed by atoms with E-state index in [1.165, 1.54) is 0 Å². The molecule has 0 unspecified atom stereocenters. The molecule has 1 heterocycles. The van der Waals surface area contributed by atoms with Crippen LogP contribution in [0.4, 0.5) is 0 Å². The van der Waals surface area contributed by atoms with Gasteiger partial charge in [-0.2, -0.15) is 0 Å². The summed E-state index contributed by atoms with van der Waals surface area (Å²) in [5.41, 5.74) is 0.893. The number of hydrogen-bond donors (Lipinski definition) is 0. The Morgan fingerprint density at radius 2 is 2.00 bits per heavy atom. The first kappa shape index (κ1) is 8.93. The summed E-state index contributed by atoms with van der Waals surface area (Å²) in [7, 11) is 0. The molecule has 12 heavy (non-hydrogen) atoms. The molecule has 0 amide bonds. The number of hydrogen-bond acceptors (Lipinski definition) is 1. The molecule has 1 aromatic rings. The van der Waals surface area contributed by atoms with E-state index < -0.39 is 0 Å². The maximum Gasteiger partial charge on any atom is 0.105 e. The number of terminal acetylenes is 1. The topological polar surface area (TPSA) is 13.1 Å². The van der Waals surface area contributed by atoms with Crippen molar-refractivity contribution in [3.63, 3.8) is 0 Å². The van der Waals surface area contributed by atoms with Gasteiger partial charge in [0.15, 0.2) is 0 Å². The van der Waals surface area contributed by atoms with Gasteiger partial charge in [0.25, 0.3) is 0 Å². The highest BCUT2D eigenvalue weighted by Crippen LogP contribution is 2.27. The molecular formula is C11H14O. The van der Waals surface area contributed by atoms with Gasteiger partial charge in [-0.1, -0.05) is 5.92 Å². The fourth-order valence-corrected chi connectivity index (χ4v) is 1.33. The van der Waals surface area contributed by atoms with E-state index in [1.807, 2.05) is 33.8 Å². The molecule has 0 aromatic carbocycles. The lowest BCUT2D eigenvalue weighted by Crippen LogP contribution is -2.13. The van der Waals surface area contributed by atoms with E-state index >= 15 is 0 Å². The second-order valence-corrected chi connectivity index (χ2v) is 3.60. The number of rotatable bonds is 1. The molecule has 0 radical (unpaired) electrons. The smallest absolute Gasteiger partial charge is 0.105 e. The Kier molecular flexibility index (Phi) is 2.02. The molecule has 0 saturated carbocycles. The third-order valence-corrected chi connectivity index (χ3v) is 2.08. The minimum atomic E-state index is -0.220. The van der Waals surface area contributed by atoms with Gasteiger partial charge in [0.1, 0.15) is 11.5 Å². The van der Waals surface area contributed by atoms with Gasteiger partial charge in [-0.05, 0) is 33.8 Å². The summed E-state index contributed by atoms with van der Waals surface area (Å²) in [6.45, 7) is 7.92. The van der Waals surface area contributed by atoms with Crippen molar-refractivity contribution in [3.8, 4) is 12.3 Å². The van der Waals surface area contributed by atoms with Crippen LogP contribution < -0.4 is 0 Å². The summed E-state index contributed by atoms with van der Waals surface area (Å²) in [6, 6.07) is 2.01. The highest BCUT2D eigenvalue weighted by molar-refractivity contribution is 5.35. The summed E-state index contributed by atoms with van der Waals surface area (Å²) in [5, 5.41) is 0. The van der Waals surface area contributed by atoms with Gasteiger partial charge < -0.3 is 4.42 Å². The average Bonchev–Trinajstić information content (AvgIpc) is 2.31. The van der Waals surface area contributed by atoms with Crippen molar-refractivity contribution in [2.75, 3.05) is 0 Å². The molecule has 0 bridgehead atoms. The summed E-state index contributed by atoms with van der Waals surface area (Å²) in [5.74, 6) is 4.60. The second-order valence-electron chi connectivity index (χ2n) is 3.60. The number of furan rings is 1. The van der Waals surface area contributed by atoms with E-state index in [2.05, 4.69) is 5.92 Å². The van der Waals surface area contributed by atoms with Crippen molar-refractivity contribution in [1.82, 2.24) is 0 Å². The molecular weight excluding hydrogens is 148 g/mol. The maximum atomic E-state index is 5.42. The van der Waals surface area contributed by atoms with E-state index in [9.17, 15) is 0 Å². The summed E-state index contributed by atoms with van der Waals surface area (Å²) < 4.78 is 5.41. The zero-order chi connectivity index (χ0) is 9.35. The summed E-state index contributed by atoms with van der Waals surface area (Å²) >= 11 is 0. The standard InChI is InChI=1S/C11H14O/c1-6-11(4,5)10-7-8(2)12-9(10)3/h1,7H,2-5H3. The third kappa shape index (κ3) is 1.38. The number of aryl methyl sites for hydroxylation is 2. The van der Waals surface area contributed by atoms with Gasteiger partial charge in [-0.3, -0.25) is 0 Å². The first-order valence-corrected chi connectivity index (χ1v) is 4.02. The van der Waals surface area contributed by atoms with E-state index in [-0.39, 0.29) is 5.41 Å². The molecule has 1 aromatic heterocycles. The van der Waals surface area contributed by atoms with Crippen LogP contribution in [0.5, 0.6) is 0 Å². The van der Waals surface area contributed by atoms with Crippen LogP contribution in [0.3, 0.4) is 0 Å². The fourth-order valence-electron chi connectivity index (χ4n) is 1.33. The predicted octanol–water partition coefficient (Wildman–Crippen LogP) is 2.81. The van der Waals surface area contributed by atoms with Crippen LogP contribution in [0.25, 0.3) is 0 Å². The zero-order valence-electron chi connectivity index (χ0n) is 8.06. The molecule has 0 fully saturated rings. The Balaban J connectivity index is 3.21. The van der Waals surface area contributed by atoms with Gasteiger partial charge >= 0.3 is 0 Å². The Labute approximate surface area is 73.8 Å². The Morgan fingerprint density at radius 3 is 2.33 bits per heavy atom. The van der Waals surface area contributed by atoms with Gasteiger partial charge in [0.05, 0.1) is 5.41 Å². The molecule has 64 valence electrons. The SMILES string of the molecule is C#CC(C)(C)c1cc(C)oc1C. The molecule has 1 rings (SSSR count). The molecule has 0 saturated heterocycles. The van der Waals surface area contributed by atoms with Gasteiger partial charge in [0, 0.05) is 5.56 Å². The molecule has 0 aliphatic heterocycles. The molecule has 0 spiro atoms. The van der Waals surface area contributed by atoms with Crippen LogP contribution >= 0.6 is 0 Å². The zero-order valence-corrected chi connectivity index (χ0v) is 8.06. The monoisotopic (exact) mass is 162 g/mol. The van der Waals surface area contributed by atoms with Crippen LogP contribution in [-0.2, 0) is 5.41 Å². The third-order valence-electron chi connectivity index (χ3n) is 2.08. The van der Waals surface area contributed by atoms with Crippen LogP contribution in [0.15, 0.2) is 10.5 Å². The lowest BCUT2D eigenvalue weighted by molar-refractivity contribution is 0.495. The Hall–Kier alpha value is -1.16. The highest BCUT2D eigenvalue weighted by atomic mass is 16.3. The van der Waals surface area contributed by atoms with Crippen molar-refractivity contribution < 1.29 is 4.42 Å². The minimum Gasteiger partial charge on any atom is -0.466 e. The van der Waals surface area contributed by atoms with Crippen LogP contribution in [0.1, 0.15) is 30.9 Å². The van der Waals surface area contributed by atoms with Crippen molar-refractivity contribution in [2.24, 2.45) is 0 Å². The quantitative estimate of drug-likeness (QED) is 0.579. The lowest BCUT2D eigenvalue weighted by Gasteiger charge is -2.15. The molecule has 1 heteroatoms. The van der Waals surface area contributed by atoms with E-state index in [0.717, 1.165) is 17.1 Å². The van der Waals surface area contributed by atoms with Gasteiger partial charge in [-0.25, -0.2) is 0 Å². The fraction of sp³-hybridized carbons (Fsp3) is 0.455. The van der Waals surface area contributed by atoms with E-state index in [4.69, 9.17) is 10.8 Å². The van der Waals surface area contributed by atoms with Gasteiger partial charge in [0.2, 0.25) is 0 Å². The van der Waals surface area contributed by atoms with Crippen LogP contribution in [0, 0.1) is 26.2 Å². The Morgan fingerprint density at radius 1 is 1.42 bits per heavy atom. The maximum absolute atomic E-state index is 5.42. The molecule has 0 aliphatic rings. The second kappa shape index (κ2) is 2.71. The van der Waals surface area contributed by atoms with Crippen LogP contribution in [0.2, 0.25) is 0 Å². The normalized spacial score (nSPS) is 11.2. The van der Waals surface area contributed by atoms with Crippen molar-refractivity contribution in [2.45, 2.75) is 33.1 Å². The largest absolute Gasteiger partial charge is 0.466 e. The van der Waals surface area contributed by atoms with Crippen molar-refractivity contribution in [3.05, 3.63) is 23.2 Å². The molecule has 0 atom stereocenters. The summed E-state index contributed by atoms with van der Waals surface area (Å²) in [4.78, 5) is 0. The highest BCUT2D eigenvalue weighted by Gasteiger charge is 2.22. The predicted molar refractivity (Wildman–Crippen MR) is 50.0 cm³/mol.